The third kappa shape index (κ3) is 5.83. The molecule has 0 aliphatic carbocycles. The Kier molecular flexibility index (Phi) is 6.72. The first kappa shape index (κ1) is 21.4. The molecule has 0 atom stereocenters. The zero-order valence-corrected chi connectivity index (χ0v) is 17.3. The van der Waals surface area contributed by atoms with Crippen LogP contribution in [0.3, 0.4) is 0 Å². The van der Waals surface area contributed by atoms with Gasteiger partial charge in [-0.05, 0) is 54.1 Å². The second-order valence-corrected chi connectivity index (χ2v) is 8.82. The van der Waals surface area contributed by atoms with Crippen LogP contribution in [0.5, 0.6) is 5.75 Å². The van der Waals surface area contributed by atoms with Crippen molar-refractivity contribution < 1.29 is 17.9 Å². The first-order chi connectivity index (χ1) is 14.4. The van der Waals surface area contributed by atoms with Gasteiger partial charge in [0.1, 0.15) is 18.1 Å². The van der Waals surface area contributed by atoms with Crippen LogP contribution >= 0.6 is 11.6 Å². The van der Waals surface area contributed by atoms with E-state index in [0.717, 1.165) is 5.56 Å². The molecule has 3 aromatic rings. The minimum Gasteiger partial charge on any atom is -0.489 e. The molecule has 0 bridgehead atoms. The zero-order valence-electron chi connectivity index (χ0n) is 15.7. The van der Waals surface area contributed by atoms with Gasteiger partial charge in [0, 0.05) is 16.8 Å². The smallest absolute Gasteiger partial charge is 0.239 e. The number of nitriles is 1. The number of amides is 1. The third-order valence-electron chi connectivity index (χ3n) is 4.07. The van der Waals surface area contributed by atoms with Gasteiger partial charge >= 0.3 is 0 Å². The molecule has 3 rings (SSSR count). The predicted octanol–water partition coefficient (Wildman–Crippen LogP) is 4.20. The number of carbonyl (C=O) groups is 1. The van der Waals surface area contributed by atoms with Crippen LogP contribution in [0.25, 0.3) is 0 Å². The Hall–Kier alpha value is -3.34. The molecule has 6 nitrogen and oxygen atoms in total. The third-order valence-corrected chi connectivity index (χ3v) is 5.96. The van der Waals surface area contributed by atoms with Crippen molar-refractivity contribution >= 4 is 33.0 Å². The Morgan fingerprint density at radius 1 is 1.03 bits per heavy atom. The van der Waals surface area contributed by atoms with Gasteiger partial charge in [0.05, 0.1) is 16.5 Å². The van der Waals surface area contributed by atoms with Crippen molar-refractivity contribution in [1.29, 1.82) is 5.26 Å². The molecule has 30 heavy (non-hydrogen) atoms. The summed E-state index contributed by atoms with van der Waals surface area (Å²) >= 11 is 5.77. The maximum atomic E-state index is 12.4. The Morgan fingerprint density at radius 2 is 1.77 bits per heavy atom. The van der Waals surface area contributed by atoms with Gasteiger partial charge in [-0.2, -0.15) is 5.26 Å². The molecule has 0 aliphatic rings. The second kappa shape index (κ2) is 9.44. The van der Waals surface area contributed by atoms with E-state index in [9.17, 15) is 13.2 Å². The van der Waals surface area contributed by atoms with E-state index in [0.29, 0.717) is 22.0 Å². The molecular formula is C22H17ClN2O4S. The maximum Gasteiger partial charge on any atom is 0.239 e. The quantitative estimate of drug-likeness (QED) is 0.593. The molecule has 8 heteroatoms. The van der Waals surface area contributed by atoms with Crippen LogP contribution in [0, 0.1) is 11.3 Å². The molecule has 1 amide bonds. The molecule has 0 saturated carbocycles. The van der Waals surface area contributed by atoms with Gasteiger partial charge in [0.2, 0.25) is 5.91 Å². The summed E-state index contributed by atoms with van der Waals surface area (Å²) in [6, 6.07) is 21.4. The molecule has 0 aliphatic heterocycles. The lowest BCUT2D eigenvalue weighted by atomic mass is 10.1. The molecule has 1 N–H and O–H groups in total. The van der Waals surface area contributed by atoms with Gasteiger partial charge in [0.25, 0.3) is 0 Å². The van der Waals surface area contributed by atoms with E-state index in [1.807, 2.05) is 6.07 Å². The van der Waals surface area contributed by atoms with Crippen LogP contribution in [0.15, 0.2) is 77.7 Å². The molecule has 0 spiro atoms. The van der Waals surface area contributed by atoms with Crippen LogP contribution < -0.4 is 10.1 Å². The number of nitrogens with zero attached hydrogens (tertiary/aromatic N) is 1. The summed E-state index contributed by atoms with van der Waals surface area (Å²) in [4.78, 5) is 12.3. The molecule has 0 saturated heterocycles. The highest BCUT2D eigenvalue weighted by Crippen LogP contribution is 2.20. The Balaban J connectivity index is 1.62. The average Bonchev–Trinajstić information content (AvgIpc) is 2.72. The SMILES string of the molecule is N#Cc1cccc(COc2cccc(NC(=O)CS(=O)(=O)c3ccc(Cl)cc3)c2)c1. The summed E-state index contributed by atoms with van der Waals surface area (Å²) in [5.74, 6) is -0.861. The highest BCUT2D eigenvalue weighted by Gasteiger charge is 2.19. The molecular weight excluding hydrogens is 424 g/mol. The minimum absolute atomic E-state index is 0.0266. The fourth-order valence-electron chi connectivity index (χ4n) is 2.66. The molecule has 0 aromatic heterocycles. The molecule has 0 unspecified atom stereocenters. The number of sulfone groups is 1. The maximum absolute atomic E-state index is 12.4. The van der Waals surface area contributed by atoms with Crippen molar-refractivity contribution in [3.8, 4) is 11.8 Å². The van der Waals surface area contributed by atoms with Crippen LogP contribution in [-0.4, -0.2) is 20.1 Å². The summed E-state index contributed by atoms with van der Waals surface area (Å²) in [5.41, 5.74) is 1.78. The fraction of sp³-hybridized carbons (Fsp3) is 0.0909. The van der Waals surface area contributed by atoms with Crippen LogP contribution in [0.4, 0.5) is 5.69 Å². The van der Waals surface area contributed by atoms with Crippen molar-refractivity contribution in [3.05, 3.63) is 88.9 Å². The van der Waals surface area contributed by atoms with Crippen molar-refractivity contribution in [2.24, 2.45) is 0 Å². The van der Waals surface area contributed by atoms with E-state index >= 15 is 0 Å². The zero-order chi connectivity index (χ0) is 21.6. The first-order valence-electron chi connectivity index (χ1n) is 8.86. The van der Waals surface area contributed by atoms with Crippen molar-refractivity contribution in [1.82, 2.24) is 0 Å². The molecule has 152 valence electrons. The molecule has 0 fully saturated rings. The normalized spacial score (nSPS) is 10.8. The number of benzene rings is 3. The van der Waals surface area contributed by atoms with E-state index in [2.05, 4.69) is 11.4 Å². The number of nitrogens with one attached hydrogen (secondary N) is 1. The topological polar surface area (TPSA) is 96.3 Å². The standard InChI is InChI=1S/C22H17ClN2O4S/c23-18-7-9-21(10-8-18)30(27,28)15-22(26)25-19-5-2-6-20(12-19)29-14-17-4-1-3-16(11-17)13-24/h1-12H,14-15H2,(H,25,26). The predicted molar refractivity (Wildman–Crippen MR) is 114 cm³/mol. The lowest BCUT2D eigenvalue weighted by Crippen LogP contribution is -2.23. The number of hydrogen-bond acceptors (Lipinski definition) is 5. The lowest BCUT2D eigenvalue weighted by Gasteiger charge is -2.10. The van der Waals surface area contributed by atoms with E-state index < -0.39 is 21.5 Å². The highest BCUT2D eigenvalue weighted by atomic mass is 35.5. The Morgan fingerprint density at radius 3 is 2.50 bits per heavy atom. The summed E-state index contributed by atoms with van der Waals surface area (Å²) in [5, 5.41) is 11.9. The number of hydrogen-bond donors (Lipinski definition) is 1. The highest BCUT2D eigenvalue weighted by molar-refractivity contribution is 7.92. The summed E-state index contributed by atoms with van der Waals surface area (Å²) < 4.78 is 30.4. The van der Waals surface area contributed by atoms with Crippen molar-refractivity contribution in [2.75, 3.05) is 11.1 Å². The fourth-order valence-corrected chi connectivity index (χ4v) is 3.92. The van der Waals surface area contributed by atoms with Gasteiger partial charge in [-0.25, -0.2) is 8.42 Å². The van der Waals surface area contributed by atoms with Gasteiger partial charge in [-0.1, -0.05) is 29.8 Å². The van der Waals surface area contributed by atoms with Crippen LogP contribution in [0.2, 0.25) is 5.02 Å². The molecule has 3 aromatic carbocycles. The van der Waals surface area contributed by atoms with E-state index in [-0.39, 0.29) is 11.5 Å². The van der Waals surface area contributed by atoms with E-state index in [1.165, 1.54) is 24.3 Å². The first-order valence-corrected chi connectivity index (χ1v) is 10.9. The molecule has 0 radical (unpaired) electrons. The second-order valence-electron chi connectivity index (χ2n) is 6.39. The number of carbonyl (C=O) groups excluding carboxylic acids is 1. The summed E-state index contributed by atoms with van der Waals surface area (Å²) in [6.45, 7) is 0.248. The van der Waals surface area contributed by atoms with E-state index in [4.69, 9.17) is 21.6 Å². The largest absolute Gasteiger partial charge is 0.489 e. The van der Waals surface area contributed by atoms with Crippen LogP contribution in [0.1, 0.15) is 11.1 Å². The van der Waals surface area contributed by atoms with Gasteiger partial charge in [0.15, 0.2) is 9.84 Å². The average molecular weight is 441 g/mol. The van der Waals surface area contributed by atoms with Gasteiger partial charge in [-0.15, -0.1) is 0 Å². The van der Waals surface area contributed by atoms with Gasteiger partial charge < -0.3 is 10.1 Å². The number of ether oxygens (including phenoxy) is 1. The minimum atomic E-state index is -3.79. The molecule has 0 heterocycles. The monoisotopic (exact) mass is 440 g/mol. The number of halogens is 1. The van der Waals surface area contributed by atoms with E-state index in [1.54, 1.807) is 42.5 Å². The Labute approximate surface area is 179 Å². The summed E-state index contributed by atoms with van der Waals surface area (Å²) in [6.07, 6.45) is 0. The number of anilines is 1. The number of rotatable bonds is 7. The lowest BCUT2D eigenvalue weighted by molar-refractivity contribution is -0.113. The van der Waals surface area contributed by atoms with Gasteiger partial charge in [-0.3, -0.25) is 4.79 Å². The Bertz CT molecular complexity index is 1200. The van der Waals surface area contributed by atoms with Crippen LogP contribution in [-0.2, 0) is 21.2 Å². The van der Waals surface area contributed by atoms with Crippen molar-refractivity contribution in [2.45, 2.75) is 11.5 Å². The summed E-state index contributed by atoms with van der Waals surface area (Å²) in [7, 11) is -3.79. The van der Waals surface area contributed by atoms with Crippen molar-refractivity contribution in [3.63, 3.8) is 0 Å².